The highest BCUT2D eigenvalue weighted by Crippen LogP contribution is 2.29. The zero-order chi connectivity index (χ0) is 14.5. The Balaban J connectivity index is 1.75. The lowest BCUT2D eigenvalue weighted by molar-refractivity contribution is 0.302. The predicted octanol–water partition coefficient (Wildman–Crippen LogP) is 4.12. The fourth-order valence-corrected chi connectivity index (χ4v) is 2.59. The highest BCUT2D eigenvalue weighted by atomic mass is 16.5. The summed E-state index contributed by atoms with van der Waals surface area (Å²) in [5.74, 6) is 1.01. The summed E-state index contributed by atoms with van der Waals surface area (Å²) in [4.78, 5) is 0. The molecule has 1 aliphatic rings. The summed E-state index contributed by atoms with van der Waals surface area (Å²) in [6.07, 6.45) is 3.85. The van der Waals surface area contributed by atoms with Crippen LogP contribution >= 0.6 is 0 Å². The van der Waals surface area contributed by atoms with E-state index in [1.165, 1.54) is 24.0 Å². The van der Waals surface area contributed by atoms with E-state index >= 15 is 0 Å². The largest absolute Gasteiger partial charge is 0.490 e. The van der Waals surface area contributed by atoms with Gasteiger partial charge in [0.2, 0.25) is 0 Å². The van der Waals surface area contributed by atoms with E-state index in [0.717, 1.165) is 18.7 Å². The van der Waals surface area contributed by atoms with E-state index in [-0.39, 0.29) is 0 Å². The zero-order valence-corrected chi connectivity index (χ0v) is 12.6. The maximum absolute atomic E-state index is 5.92. The van der Waals surface area contributed by atoms with Crippen LogP contribution in [0.4, 0.5) is 0 Å². The van der Waals surface area contributed by atoms with E-state index in [0.29, 0.717) is 12.1 Å². The second-order valence-electron chi connectivity index (χ2n) is 5.69. The Kier molecular flexibility index (Phi) is 4.56. The fraction of sp³-hybridized carbons (Fsp3) is 0.368. The summed E-state index contributed by atoms with van der Waals surface area (Å²) >= 11 is 0. The molecule has 2 heteroatoms. The quantitative estimate of drug-likeness (QED) is 0.824. The van der Waals surface area contributed by atoms with Crippen LogP contribution in [0.25, 0.3) is 0 Å². The van der Waals surface area contributed by atoms with Gasteiger partial charge in [0.1, 0.15) is 5.75 Å². The molecule has 3 rings (SSSR count). The molecular weight excluding hydrogens is 258 g/mol. The van der Waals surface area contributed by atoms with Crippen molar-refractivity contribution in [2.75, 3.05) is 6.54 Å². The van der Waals surface area contributed by atoms with Crippen molar-refractivity contribution >= 4 is 0 Å². The van der Waals surface area contributed by atoms with E-state index in [2.05, 4.69) is 66.8 Å². The molecule has 1 saturated carbocycles. The predicted molar refractivity (Wildman–Crippen MR) is 86.7 cm³/mol. The molecule has 0 radical (unpaired) electrons. The van der Waals surface area contributed by atoms with Crippen molar-refractivity contribution in [3.63, 3.8) is 0 Å². The maximum Gasteiger partial charge on any atom is 0.120 e. The van der Waals surface area contributed by atoms with Crippen LogP contribution in [0.3, 0.4) is 0 Å². The third-order valence-corrected chi connectivity index (χ3v) is 3.82. The molecule has 21 heavy (non-hydrogen) atoms. The van der Waals surface area contributed by atoms with Crippen molar-refractivity contribution in [2.24, 2.45) is 0 Å². The first-order valence-corrected chi connectivity index (χ1v) is 7.89. The van der Waals surface area contributed by atoms with Crippen LogP contribution in [0.2, 0.25) is 0 Å². The van der Waals surface area contributed by atoms with Crippen LogP contribution in [0, 0.1) is 0 Å². The molecule has 0 heterocycles. The minimum atomic E-state index is 0.333. The summed E-state index contributed by atoms with van der Waals surface area (Å²) < 4.78 is 5.92. The van der Waals surface area contributed by atoms with Gasteiger partial charge in [-0.05, 0) is 49.1 Å². The highest BCUT2D eigenvalue weighted by Gasteiger charge is 2.23. The molecular formula is C19H23NO. The third kappa shape index (κ3) is 4.08. The Morgan fingerprint density at radius 2 is 1.90 bits per heavy atom. The first-order valence-electron chi connectivity index (χ1n) is 7.89. The number of likely N-dealkylation sites (N-methyl/N-ethyl adjacent to an activating group) is 1. The number of ether oxygens (including phenoxy) is 1. The smallest absolute Gasteiger partial charge is 0.120 e. The van der Waals surface area contributed by atoms with Gasteiger partial charge < -0.3 is 10.1 Å². The lowest BCUT2D eigenvalue weighted by atomic mass is 9.98. The fourth-order valence-electron chi connectivity index (χ4n) is 2.59. The van der Waals surface area contributed by atoms with E-state index in [1.807, 2.05) is 0 Å². The lowest BCUT2D eigenvalue weighted by Gasteiger charge is -2.19. The van der Waals surface area contributed by atoms with E-state index < -0.39 is 0 Å². The van der Waals surface area contributed by atoms with Gasteiger partial charge in [0, 0.05) is 6.04 Å². The van der Waals surface area contributed by atoms with Crippen LogP contribution in [0.15, 0.2) is 54.6 Å². The summed E-state index contributed by atoms with van der Waals surface area (Å²) in [6, 6.07) is 19.5. The van der Waals surface area contributed by atoms with Crippen LogP contribution in [-0.2, 0) is 6.42 Å². The second kappa shape index (κ2) is 6.77. The number of hydrogen-bond acceptors (Lipinski definition) is 2. The van der Waals surface area contributed by atoms with Gasteiger partial charge in [-0.3, -0.25) is 0 Å². The normalized spacial score (nSPS) is 15.7. The first-order chi connectivity index (χ1) is 10.3. The Morgan fingerprint density at radius 3 is 2.62 bits per heavy atom. The SMILES string of the molecule is CCNC(Cc1ccccc1)c1cccc(OC2CC2)c1. The number of benzene rings is 2. The average Bonchev–Trinajstić information content (AvgIpc) is 3.32. The van der Waals surface area contributed by atoms with Crippen molar-refractivity contribution in [2.45, 2.75) is 38.3 Å². The third-order valence-electron chi connectivity index (χ3n) is 3.82. The molecule has 1 unspecified atom stereocenters. The molecule has 2 nitrogen and oxygen atoms in total. The summed E-state index contributed by atoms with van der Waals surface area (Å²) in [6.45, 7) is 3.12. The summed E-state index contributed by atoms with van der Waals surface area (Å²) in [7, 11) is 0. The maximum atomic E-state index is 5.92. The Labute approximate surface area is 127 Å². The molecule has 110 valence electrons. The van der Waals surface area contributed by atoms with Gasteiger partial charge in [0.25, 0.3) is 0 Å². The molecule has 0 spiro atoms. The molecule has 2 aromatic rings. The van der Waals surface area contributed by atoms with Gasteiger partial charge in [-0.1, -0.05) is 49.4 Å². The second-order valence-corrected chi connectivity index (χ2v) is 5.69. The first kappa shape index (κ1) is 14.2. The molecule has 0 aromatic heterocycles. The van der Waals surface area contributed by atoms with Gasteiger partial charge in [-0.25, -0.2) is 0 Å². The van der Waals surface area contributed by atoms with Crippen LogP contribution in [0.1, 0.15) is 36.9 Å². The van der Waals surface area contributed by atoms with Crippen molar-refractivity contribution < 1.29 is 4.74 Å². The Hall–Kier alpha value is -1.80. The molecule has 0 aliphatic heterocycles. The lowest BCUT2D eigenvalue weighted by Crippen LogP contribution is -2.23. The monoisotopic (exact) mass is 281 g/mol. The Bertz CT molecular complexity index is 563. The van der Waals surface area contributed by atoms with Gasteiger partial charge >= 0.3 is 0 Å². The van der Waals surface area contributed by atoms with E-state index in [4.69, 9.17) is 4.74 Å². The summed E-state index contributed by atoms with van der Waals surface area (Å²) in [5, 5.41) is 3.59. The van der Waals surface area contributed by atoms with Gasteiger partial charge in [0.15, 0.2) is 0 Å². The number of hydrogen-bond donors (Lipinski definition) is 1. The van der Waals surface area contributed by atoms with Crippen molar-refractivity contribution in [1.82, 2.24) is 5.32 Å². The molecule has 1 atom stereocenters. The molecule has 0 saturated heterocycles. The van der Waals surface area contributed by atoms with Crippen LogP contribution < -0.4 is 10.1 Å². The molecule has 1 aliphatic carbocycles. The van der Waals surface area contributed by atoms with Crippen LogP contribution in [-0.4, -0.2) is 12.6 Å². The minimum absolute atomic E-state index is 0.333. The topological polar surface area (TPSA) is 21.3 Å². The molecule has 0 amide bonds. The molecule has 1 N–H and O–H groups in total. The molecule has 1 fully saturated rings. The number of nitrogens with one attached hydrogen (secondary N) is 1. The van der Waals surface area contributed by atoms with E-state index in [1.54, 1.807) is 0 Å². The Morgan fingerprint density at radius 1 is 1.10 bits per heavy atom. The zero-order valence-electron chi connectivity index (χ0n) is 12.6. The van der Waals surface area contributed by atoms with Crippen LogP contribution in [0.5, 0.6) is 5.75 Å². The van der Waals surface area contributed by atoms with Crippen molar-refractivity contribution in [3.05, 3.63) is 65.7 Å². The van der Waals surface area contributed by atoms with Gasteiger partial charge in [-0.2, -0.15) is 0 Å². The minimum Gasteiger partial charge on any atom is -0.490 e. The van der Waals surface area contributed by atoms with Gasteiger partial charge in [0.05, 0.1) is 6.10 Å². The van der Waals surface area contributed by atoms with Gasteiger partial charge in [-0.15, -0.1) is 0 Å². The average molecular weight is 281 g/mol. The standard InChI is InChI=1S/C19H23NO/c1-2-20-19(13-15-7-4-3-5-8-15)16-9-6-10-18(14-16)21-17-11-12-17/h3-10,14,17,19-20H,2,11-13H2,1H3. The van der Waals surface area contributed by atoms with Crippen molar-refractivity contribution in [1.29, 1.82) is 0 Å². The van der Waals surface area contributed by atoms with Crippen molar-refractivity contribution in [3.8, 4) is 5.75 Å². The number of rotatable bonds is 7. The highest BCUT2D eigenvalue weighted by molar-refractivity contribution is 5.32. The molecule has 0 bridgehead atoms. The summed E-state index contributed by atoms with van der Waals surface area (Å²) in [5.41, 5.74) is 2.66. The van der Waals surface area contributed by atoms with E-state index in [9.17, 15) is 0 Å². The molecule has 2 aromatic carbocycles.